The van der Waals surface area contributed by atoms with Crippen molar-refractivity contribution in [1.82, 2.24) is 9.97 Å². The van der Waals surface area contributed by atoms with Crippen molar-refractivity contribution in [3.63, 3.8) is 0 Å². The van der Waals surface area contributed by atoms with Crippen LogP contribution in [0.25, 0.3) is 20.4 Å². The molecule has 3 heterocycles. The number of carbonyl (C=O) groups excluding carboxylic acids is 1. The van der Waals surface area contributed by atoms with Gasteiger partial charge in [0.25, 0.3) is 0 Å². The second-order valence-electron chi connectivity index (χ2n) is 6.98. The fourth-order valence-corrected chi connectivity index (χ4v) is 5.81. The van der Waals surface area contributed by atoms with E-state index >= 15 is 0 Å². The van der Waals surface area contributed by atoms with Crippen molar-refractivity contribution in [3.05, 3.63) is 42.5 Å². The van der Waals surface area contributed by atoms with Crippen LogP contribution in [0.5, 0.6) is 0 Å². The number of hydrogen-bond donors (Lipinski definition) is 1. The summed E-state index contributed by atoms with van der Waals surface area (Å²) in [5, 5.41) is 4.28. The fourth-order valence-electron chi connectivity index (χ4n) is 3.19. The molecule has 0 aliphatic carbocycles. The molecular weight excluding hydrogens is 428 g/mol. The molecule has 29 heavy (non-hydrogen) atoms. The van der Waals surface area contributed by atoms with Crippen molar-refractivity contribution < 1.29 is 13.2 Å². The molecule has 1 saturated heterocycles. The smallest absolute Gasteiger partial charge is 0.232 e. The van der Waals surface area contributed by atoms with Gasteiger partial charge in [0.1, 0.15) is 0 Å². The third-order valence-electron chi connectivity index (χ3n) is 4.82. The molecular formula is C19H16N4O3S3. The van der Waals surface area contributed by atoms with Crippen LogP contribution in [-0.4, -0.2) is 43.6 Å². The van der Waals surface area contributed by atoms with Gasteiger partial charge >= 0.3 is 0 Å². The number of anilines is 2. The predicted molar refractivity (Wildman–Crippen MR) is 117 cm³/mol. The molecule has 1 fully saturated rings. The summed E-state index contributed by atoms with van der Waals surface area (Å²) in [6.07, 6.45) is 1.17. The predicted octanol–water partition coefficient (Wildman–Crippen LogP) is 3.38. The van der Waals surface area contributed by atoms with Crippen LogP contribution in [0.3, 0.4) is 0 Å². The van der Waals surface area contributed by atoms with Gasteiger partial charge in [-0.2, -0.15) is 0 Å². The summed E-state index contributed by atoms with van der Waals surface area (Å²) in [5.41, 5.74) is 1.64. The highest BCUT2D eigenvalue weighted by atomic mass is 32.2. The minimum atomic E-state index is -3.28. The minimum Gasteiger partial charge on any atom is -0.346 e. The van der Waals surface area contributed by atoms with Crippen LogP contribution in [0.15, 0.2) is 47.4 Å². The van der Waals surface area contributed by atoms with Crippen LogP contribution >= 0.6 is 22.7 Å². The Kier molecular flexibility index (Phi) is 4.30. The number of hydrogen-bond acceptors (Lipinski definition) is 8. The second-order valence-corrected chi connectivity index (χ2v) is 11.0. The number of aromatic nitrogens is 2. The number of amides is 1. The summed E-state index contributed by atoms with van der Waals surface area (Å²) >= 11 is 2.91. The Morgan fingerprint density at radius 1 is 1.07 bits per heavy atom. The van der Waals surface area contributed by atoms with Crippen LogP contribution in [-0.2, 0) is 14.6 Å². The molecule has 0 unspecified atom stereocenters. The SMILES string of the molecule is CS(=O)(=O)c1ccc2nc(NC(=O)C3CN(c4nc5ccccc5s4)C3)sc2c1. The van der Waals surface area contributed by atoms with E-state index in [4.69, 9.17) is 0 Å². The number of para-hydroxylation sites is 1. The molecule has 148 valence electrons. The highest BCUT2D eigenvalue weighted by Crippen LogP contribution is 2.34. The number of rotatable bonds is 4. The van der Waals surface area contributed by atoms with Crippen molar-refractivity contribution in [2.24, 2.45) is 5.92 Å². The lowest BCUT2D eigenvalue weighted by atomic mass is 10.0. The molecule has 1 N–H and O–H groups in total. The minimum absolute atomic E-state index is 0.0789. The first-order valence-corrected chi connectivity index (χ1v) is 12.4. The summed E-state index contributed by atoms with van der Waals surface area (Å²) in [6.45, 7) is 1.24. The first-order chi connectivity index (χ1) is 13.9. The standard InChI is InChI=1S/C19H16N4O3S3/c1-29(25,26)12-6-7-14-16(8-12)27-18(20-14)22-17(24)11-9-23(10-11)19-21-13-4-2-3-5-15(13)28-19/h2-8,11H,9-10H2,1H3,(H,20,22,24). The van der Waals surface area contributed by atoms with Gasteiger partial charge in [0.2, 0.25) is 5.91 Å². The van der Waals surface area contributed by atoms with Crippen molar-refractivity contribution in [1.29, 1.82) is 0 Å². The van der Waals surface area contributed by atoms with E-state index in [1.165, 1.54) is 23.7 Å². The van der Waals surface area contributed by atoms with Gasteiger partial charge in [-0.3, -0.25) is 4.79 Å². The number of nitrogens with zero attached hydrogens (tertiary/aromatic N) is 3. The molecule has 10 heteroatoms. The maximum atomic E-state index is 12.6. The van der Waals surface area contributed by atoms with E-state index in [1.807, 2.05) is 24.3 Å². The molecule has 4 aromatic rings. The summed E-state index contributed by atoms with van der Waals surface area (Å²) in [6, 6.07) is 12.8. The fraction of sp³-hybridized carbons (Fsp3) is 0.211. The Morgan fingerprint density at radius 2 is 1.83 bits per heavy atom. The molecule has 0 spiro atoms. The van der Waals surface area contributed by atoms with Crippen molar-refractivity contribution in [3.8, 4) is 0 Å². The van der Waals surface area contributed by atoms with E-state index in [0.717, 1.165) is 20.0 Å². The molecule has 0 bridgehead atoms. The van der Waals surface area contributed by atoms with E-state index in [0.29, 0.717) is 23.7 Å². The number of fused-ring (bicyclic) bond motifs is 2. The topological polar surface area (TPSA) is 92.3 Å². The van der Waals surface area contributed by atoms with Crippen molar-refractivity contribution in [2.45, 2.75) is 4.90 Å². The van der Waals surface area contributed by atoms with Gasteiger partial charge in [-0.1, -0.05) is 34.8 Å². The van der Waals surface area contributed by atoms with Gasteiger partial charge in [0.15, 0.2) is 20.1 Å². The monoisotopic (exact) mass is 444 g/mol. The van der Waals surface area contributed by atoms with E-state index in [2.05, 4.69) is 20.2 Å². The largest absolute Gasteiger partial charge is 0.346 e. The molecule has 0 atom stereocenters. The summed E-state index contributed by atoms with van der Waals surface area (Å²) in [7, 11) is -3.28. The first kappa shape index (κ1) is 18.5. The number of sulfone groups is 1. The third kappa shape index (κ3) is 3.47. The normalized spacial score (nSPS) is 15.0. The lowest BCUT2D eigenvalue weighted by Crippen LogP contribution is -2.52. The molecule has 2 aromatic carbocycles. The molecule has 1 aliphatic rings. The molecule has 0 radical (unpaired) electrons. The maximum Gasteiger partial charge on any atom is 0.232 e. The quantitative estimate of drug-likeness (QED) is 0.519. The van der Waals surface area contributed by atoms with E-state index < -0.39 is 9.84 Å². The average molecular weight is 445 g/mol. The summed E-state index contributed by atoms with van der Waals surface area (Å²) < 4.78 is 25.3. The number of carbonyl (C=O) groups is 1. The zero-order valence-corrected chi connectivity index (χ0v) is 17.8. The number of benzene rings is 2. The molecule has 1 aliphatic heterocycles. The molecule has 1 amide bonds. The highest BCUT2D eigenvalue weighted by molar-refractivity contribution is 7.90. The van der Waals surface area contributed by atoms with Crippen LogP contribution in [0.2, 0.25) is 0 Å². The Balaban J connectivity index is 1.26. The molecule has 2 aromatic heterocycles. The van der Waals surface area contributed by atoms with Crippen molar-refractivity contribution >= 4 is 69.1 Å². The second kappa shape index (κ2) is 6.75. The Morgan fingerprint density at radius 3 is 2.59 bits per heavy atom. The Hall–Kier alpha value is -2.56. The lowest BCUT2D eigenvalue weighted by Gasteiger charge is -2.37. The third-order valence-corrected chi connectivity index (χ3v) is 7.96. The zero-order chi connectivity index (χ0) is 20.2. The van der Waals surface area contributed by atoms with E-state index in [1.54, 1.807) is 23.5 Å². The van der Waals surface area contributed by atoms with Crippen molar-refractivity contribution in [2.75, 3.05) is 29.6 Å². The van der Waals surface area contributed by atoms with Crippen LogP contribution in [0.1, 0.15) is 0 Å². The molecule has 5 rings (SSSR count). The Bertz CT molecular complexity index is 1320. The number of thiazole rings is 2. The summed E-state index contributed by atoms with van der Waals surface area (Å²) in [4.78, 5) is 23.9. The van der Waals surface area contributed by atoms with Gasteiger partial charge < -0.3 is 10.2 Å². The van der Waals surface area contributed by atoms with Gasteiger partial charge in [-0.05, 0) is 30.3 Å². The maximum absolute atomic E-state index is 12.6. The molecule has 7 nitrogen and oxygen atoms in total. The van der Waals surface area contributed by atoms with E-state index in [-0.39, 0.29) is 16.7 Å². The van der Waals surface area contributed by atoms with E-state index in [9.17, 15) is 13.2 Å². The van der Waals surface area contributed by atoms with Crippen LogP contribution in [0.4, 0.5) is 10.3 Å². The zero-order valence-electron chi connectivity index (χ0n) is 15.3. The van der Waals surface area contributed by atoms with Gasteiger partial charge in [0.05, 0.1) is 31.2 Å². The lowest BCUT2D eigenvalue weighted by molar-refractivity contribution is -0.120. The van der Waals surface area contributed by atoms with Gasteiger partial charge in [0, 0.05) is 19.3 Å². The van der Waals surface area contributed by atoms with Gasteiger partial charge in [-0.15, -0.1) is 0 Å². The van der Waals surface area contributed by atoms with Gasteiger partial charge in [-0.25, -0.2) is 18.4 Å². The molecule has 0 saturated carbocycles. The summed E-state index contributed by atoms with van der Waals surface area (Å²) in [5.74, 6) is -0.203. The average Bonchev–Trinajstić information content (AvgIpc) is 3.21. The highest BCUT2D eigenvalue weighted by Gasteiger charge is 2.34. The van der Waals surface area contributed by atoms with Crippen LogP contribution in [0, 0.1) is 5.92 Å². The Labute approximate surface area is 174 Å². The number of nitrogens with one attached hydrogen (secondary N) is 1. The first-order valence-electron chi connectivity index (χ1n) is 8.89. The van der Waals surface area contributed by atoms with Crippen LogP contribution < -0.4 is 10.2 Å².